The molecule has 138 valence electrons. The van der Waals surface area contributed by atoms with Gasteiger partial charge in [0.25, 0.3) is 5.91 Å². The molecule has 7 heteroatoms. The number of ether oxygens (including phenoxy) is 1. The summed E-state index contributed by atoms with van der Waals surface area (Å²) in [4.78, 5) is 12.0. The lowest BCUT2D eigenvalue weighted by molar-refractivity contribution is -0.118. The fourth-order valence-corrected chi connectivity index (χ4v) is 2.51. The van der Waals surface area contributed by atoms with E-state index in [-0.39, 0.29) is 18.6 Å². The zero-order chi connectivity index (χ0) is 19.1. The largest absolute Gasteiger partial charge is 0.484 e. The molecule has 3 rings (SSSR count). The van der Waals surface area contributed by atoms with Crippen LogP contribution in [0, 0.1) is 0 Å². The number of aromatic nitrogens is 2. The van der Waals surface area contributed by atoms with E-state index in [9.17, 15) is 4.79 Å². The molecule has 27 heavy (non-hydrogen) atoms. The molecule has 1 heterocycles. The van der Waals surface area contributed by atoms with Crippen molar-refractivity contribution < 1.29 is 9.53 Å². The third-order valence-corrected chi connectivity index (χ3v) is 4.03. The second-order valence-electron chi connectivity index (χ2n) is 5.87. The Morgan fingerprint density at radius 1 is 1.00 bits per heavy atom. The summed E-state index contributed by atoms with van der Waals surface area (Å²) in [6, 6.07) is 20.4. The molecular formula is C20H19ClN4O2. The Labute approximate surface area is 162 Å². The van der Waals surface area contributed by atoms with Crippen LogP contribution in [0.5, 0.6) is 5.75 Å². The molecule has 0 saturated heterocycles. The van der Waals surface area contributed by atoms with Crippen molar-refractivity contribution in [2.45, 2.75) is 13.0 Å². The van der Waals surface area contributed by atoms with Gasteiger partial charge >= 0.3 is 0 Å². The van der Waals surface area contributed by atoms with Crippen molar-refractivity contribution in [2.75, 3.05) is 17.2 Å². The van der Waals surface area contributed by atoms with Gasteiger partial charge < -0.3 is 15.4 Å². The predicted molar refractivity (Wildman–Crippen MR) is 106 cm³/mol. The third kappa shape index (κ3) is 5.69. The topological polar surface area (TPSA) is 76.1 Å². The van der Waals surface area contributed by atoms with Crippen LogP contribution in [0.1, 0.15) is 18.5 Å². The molecule has 2 aromatic carbocycles. The molecule has 6 nitrogen and oxygen atoms in total. The van der Waals surface area contributed by atoms with Crippen LogP contribution >= 0.6 is 11.6 Å². The standard InChI is InChI=1S/C20H19ClN4O2/c1-14(15-5-3-2-4-6-15)22-18-11-12-19(25-24-18)23-20(26)13-27-17-9-7-16(21)8-10-17/h2-12,14H,13H2,1H3,(H,22,24)(H,23,25,26). The molecule has 0 aliphatic carbocycles. The zero-order valence-corrected chi connectivity index (χ0v) is 15.5. The highest BCUT2D eigenvalue weighted by atomic mass is 35.5. The molecule has 0 bridgehead atoms. The van der Waals surface area contributed by atoms with E-state index in [1.54, 1.807) is 36.4 Å². The molecule has 0 aliphatic rings. The van der Waals surface area contributed by atoms with E-state index in [0.29, 0.717) is 22.4 Å². The number of nitrogens with one attached hydrogen (secondary N) is 2. The van der Waals surface area contributed by atoms with Crippen molar-refractivity contribution in [3.05, 3.63) is 77.3 Å². The molecule has 0 saturated carbocycles. The number of carbonyl (C=O) groups excluding carboxylic acids is 1. The first kappa shape index (κ1) is 18.7. The molecule has 0 spiro atoms. The molecule has 1 unspecified atom stereocenters. The van der Waals surface area contributed by atoms with E-state index in [0.717, 1.165) is 5.56 Å². The number of nitrogens with zero attached hydrogens (tertiary/aromatic N) is 2. The fraction of sp³-hybridized carbons (Fsp3) is 0.150. The van der Waals surface area contributed by atoms with Crippen LogP contribution in [0.4, 0.5) is 11.6 Å². The van der Waals surface area contributed by atoms with Gasteiger partial charge in [-0.25, -0.2) is 0 Å². The van der Waals surface area contributed by atoms with E-state index >= 15 is 0 Å². The number of rotatable bonds is 7. The Balaban J connectivity index is 1.49. The summed E-state index contributed by atoms with van der Waals surface area (Å²) < 4.78 is 5.39. The maximum atomic E-state index is 12.0. The molecule has 1 amide bonds. The minimum atomic E-state index is -0.322. The number of hydrogen-bond donors (Lipinski definition) is 2. The Kier molecular flexibility index (Phi) is 6.22. The summed E-state index contributed by atoms with van der Waals surface area (Å²) in [6.45, 7) is 1.91. The van der Waals surface area contributed by atoms with Gasteiger partial charge in [0.2, 0.25) is 0 Å². The average molecular weight is 383 g/mol. The highest BCUT2D eigenvalue weighted by Crippen LogP contribution is 2.18. The smallest absolute Gasteiger partial charge is 0.263 e. The van der Waals surface area contributed by atoms with Crippen molar-refractivity contribution in [2.24, 2.45) is 0 Å². The molecule has 1 atom stereocenters. The van der Waals surface area contributed by atoms with E-state index < -0.39 is 0 Å². The van der Waals surface area contributed by atoms with Crippen LogP contribution in [0.3, 0.4) is 0 Å². The van der Waals surface area contributed by atoms with Gasteiger partial charge in [0, 0.05) is 11.1 Å². The van der Waals surface area contributed by atoms with Crippen LogP contribution in [0.2, 0.25) is 5.02 Å². The van der Waals surface area contributed by atoms with Gasteiger partial charge in [-0.2, -0.15) is 0 Å². The molecule has 0 radical (unpaired) electrons. The number of amides is 1. The molecule has 1 aromatic heterocycles. The molecule has 0 aliphatic heterocycles. The van der Waals surface area contributed by atoms with E-state index in [2.05, 4.69) is 20.8 Å². The number of benzene rings is 2. The van der Waals surface area contributed by atoms with Gasteiger partial charge in [0.15, 0.2) is 12.4 Å². The SMILES string of the molecule is CC(Nc1ccc(NC(=O)COc2ccc(Cl)cc2)nn1)c1ccccc1. The lowest BCUT2D eigenvalue weighted by Crippen LogP contribution is -2.21. The minimum Gasteiger partial charge on any atom is -0.484 e. The van der Waals surface area contributed by atoms with Crippen LogP contribution in [0.25, 0.3) is 0 Å². The summed E-state index contributed by atoms with van der Waals surface area (Å²) >= 11 is 5.81. The Bertz CT molecular complexity index is 871. The normalized spacial score (nSPS) is 11.5. The van der Waals surface area contributed by atoms with Gasteiger partial charge in [-0.15, -0.1) is 10.2 Å². The van der Waals surface area contributed by atoms with Gasteiger partial charge in [-0.1, -0.05) is 41.9 Å². The number of halogens is 1. The summed E-state index contributed by atoms with van der Waals surface area (Å²) in [6.07, 6.45) is 0. The maximum Gasteiger partial charge on any atom is 0.263 e. The first-order chi connectivity index (χ1) is 13.1. The van der Waals surface area contributed by atoms with Crippen molar-refractivity contribution in [1.82, 2.24) is 10.2 Å². The summed E-state index contributed by atoms with van der Waals surface area (Å²) in [7, 11) is 0. The van der Waals surface area contributed by atoms with Crippen molar-refractivity contribution >= 4 is 29.1 Å². The summed E-state index contributed by atoms with van der Waals surface area (Å²) in [5.74, 6) is 1.23. The van der Waals surface area contributed by atoms with Crippen LogP contribution in [0.15, 0.2) is 66.7 Å². The lowest BCUT2D eigenvalue weighted by atomic mass is 10.1. The quantitative estimate of drug-likeness (QED) is 0.636. The van der Waals surface area contributed by atoms with Gasteiger partial charge in [0.05, 0.1) is 0 Å². The first-order valence-electron chi connectivity index (χ1n) is 8.43. The van der Waals surface area contributed by atoms with Gasteiger partial charge in [-0.05, 0) is 48.9 Å². The second-order valence-corrected chi connectivity index (χ2v) is 6.31. The summed E-state index contributed by atoms with van der Waals surface area (Å²) in [5.41, 5.74) is 1.15. The second kappa shape index (κ2) is 9.00. The summed E-state index contributed by atoms with van der Waals surface area (Å²) in [5, 5.41) is 14.6. The fourth-order valence-electron chi connectivity index (χ4n) is 2.38. The highest BCUT2D eigenvalue weighted by Gasteiger charge is 2.08. The van der Waals surface area contributed by atoms with Crippen molar-refractivity contribution in [3.8, 4) is 5.75 Å². The lowest BCUT2D eigenvalue weighted by Gasteiger charge is -2.14. The van der Waals surface area contributed by atoms with Crippen molar-refractivity contribution in [3.63, 3.8) is 0 Å². The average Bonchev–Trinajstić information content (AvgIpc) is 2.70. The van der Waals surface area contributed by atoms with Crippen LogP contribution < -0.4 is 15.4 Å². The third-order valence-electron chi connectivity index (χ3n) is 3.78. The first-order valence-corrected chi connectivity index (χ1v) is 8.81. The predicted octanol–water partition coefficient (Wildman–Crippen LogP) is 4.32. The Morgan fingerprint density at radius 3 is 2.33 bits per heavy atom. The number of anilines is 2. The Hall–Kier alpha value is -3.12. The number of hydrogen-bond acceptors (Lipinski definition) is 5. The van der Waals surface area contributed by atoms with Crippen LogP contribution in [-0.2, 0) is 4.79 Å². The molecule has 3 aromatic rings. The minimum absolute atomic E-state index is 0.0914. The monoisotopic (exact) mass is 382 g/mol. The van der Waals surface area contributed by atoms with Gasteiger partial charge in [-0.3, -0.25) is 4.79 Å². The van der Waals surface area contributed by atoms with E-state index in [1.165, 1.54) is 0 Å². The number of carbonyl (C=O) groups is 1. The van der Waals surface area contributed by atoms with E-state index in [1.807, 2.05) is 37.3 Å². The van der Waals surface area contributed by atoms with Crippen LogP contribution in [-0.4, -0.2) is 22.7 Å². The van der Waals surface area contributed by atoms with Crippen molar-refractivity contribution in [1.29, 1.82) is 0 Å². The zero-order valence-electron chi connectivity index (χ0n) is 14.7. The molecule has 0 fully saturated rings. The molecular weight excluding hydrogens is 364 g/mol. The highest BCUT2D eigenvalue weighted by molar-refractivity contribution is 6.30. The Morgan fingerprint density at radius 2 is 1.67 bits per heavy atom. The maximum absolute atomic E-state index is 12.0. The molecule has 2 N–H and O–H groups in total. The van der Waals surface area contributed by atoms with Gasteiger partial charge in [0.1, 0.15) is 11.6 Å². The van der Waals surface area contributed by atoms with E-state index in [4.69, 9.17) is 16.3 Å².